The monoisotopic (exact) mass is 297 g/mol. The first-order valence-electron chi connectivity index (χ1n) is 5.65. The van der Waals surface area contributed by atoms with Crippen LogP contribution in [0.1, 0.15) is 16.7 Å². The summed E-state index contributed by atoms with van der Waals surface area (Å²) in [6, 6.07) is 20.1. The molecule has 18 heavy (non-hydrogen) atoms. The van der Waals surface area contributed by atoms with Crippen molar-refractivity contribution in [3.8, 4) is 6.07 Å². The van der Waals surface area contributed by atoms with Gasteiger partial charge in [0.25, 0.3) is 0 Å². The number of halogens is 1. The standard InChI is InChI=1S/C16H12BrN/c17-11-14-8-6-13(7-9-14)10-16(12-18)15-4-2-1-3-5-15/h1-10H,11H2/b16-10+. The topological polar surface area (TPSA) is 23.8 Å². The Hall–Kier alpha value is -1.85. The first-order chi connectivity index (χ1) is 8.83. The molecule has 0 aliphatic rings. The molecule has 88 valence electrons. The van der Waals surface area contributed by atoms with Gasteiger partial charge in [-0.05, 0) is 22.8 Å². The number of rotatable bonds is 3. The van der Waals surface area contributed by atoms with Crippen molar-refractivity contribution >= 4 is 27.6 Å². The summed E-state index contributed by atoms with van der Waals surface area (Å²) in [5.74, 6) is 0. The molecule has 0 N–H and O–H groups in total. The lowest BCUT2D eigenvalue weighted by Gasteiger charge is -2.00. The number of hydrogen-bond acceptors (Lipinski definition) is 1. The molecule has 0 unspecified atom stereocenters. The minimum absolute atomic E-state index is 0.683. The second-order valence-electron chi connectivity index (χ2n) is 3.91. The highest BCUT2D eigenvalue weighted by Gasteiger charge is 1.99. The van der Waals surface area contributed by atoms with E-state index in [1.54, 1.807) is 0 Å². The summed E-state index contributed by atoms with van der Waals surface area (Å²) in [7, 11) is 0. The molecule has 0 spiro atoms. The highest BCUT2D eigenvalue weighted by atomic mass is 79.9. The molecule has 2 aromatic carbocycles. The molecule has 2 aromatic rings. The fraction of sp³-hybridized carbons (Fsp3) is 0.0625. The van der Waals surface area contributed by atoms with Crippen LogP contribution in [0, 0.1) is 11.3 Å². The van der Waals surface area contributed by atoms with Crippen LogP contribution in [0.4, 0.5) is 0 Å². The minimum atomic E-state index is 0.683. The van der Waals surface area contributed by atoms with E-state index in [1.165, 1.54) is 5.56 Å². The van der Waals surface area contributed by atoms with Gasteiger partial charge >= 0.3 is 0 Å². The van der Waals surface area contributed by atoms with E-state index >= 15 is 0 Å². The molecule has 0 aliphatic heterocycles. The summed E-state index contributed by atoms with van der Waals surface area (Å²) in [5.41, 5.74) is 3.90. The van der Waals surface area contributed by atoms with E-state index in [4.69, 9.17) is 0 Å². The zero-order valence-corrected chi connectivity index (χ0v) is 11.4. The van der Waals surface area contributed by atoms with Gasteiger partial charge in [-0.3, -0.25) is 0 Å². The van der Waals surface area contributed by atoms with Crippen LogP contribution in [0.25, 0.3) is 11.6 Å². The maximum atomic E-state index is 9.22. The molecule has 0 radical (unpaired) electrons. The number of nitriles is 1. The molecule has 0 atom stereocenters. The Bertz CT molecular complexity index is 577. The van der Waals surface area contributed by atoms with Crippen LogP contribution in [0.2, 0.25) is 0 Å². The quantitative estimate of drug-likeness (QED) is 0.460. The Morgan fingerprint density at radius 3 is 2.28 bits per heavy atom. The van der Waals surface area contributed by atoms with Gasteiger partial charge in [-0.1, -0.05) is 70.5 Å². The summed E-state index contributed by atoms with van der Waals surface area (Å²) >= 11 is 3.42. The summed E-state index contributed by atoms with van der Waals surface area (Å²) in [6.45, 7) is 0. The molecular formula is C16H12BrN. The summed E-state index contributed by atoms with van der Waals surface area (Å²) in [6.07, 6.45) is 1.91. The third-order valence-corrected chi connectivity index (χ3v) is 3.30. The van der Waals surface area contributed by atoms with Crippen molar-refractivity contribution in [3.05, 3.63) is 71.3 Å². The van der Waals surface area contributed by atoms with E-state index in [1.807, 2.05) is 48.5 Å². The highest BCUT2D eigenvalue weighted by Crippen LogP contribution is 2.18. The molecule has 0 heterocycles. The average molecular weight is 298 g/mol. The van der Waals surface area contributed by atoms with Crippen LogP contribution in [0.5, 0.6) is 0 Å². The SMILES string of the molecule is N#C/C(=C\c1ccc(CBr)cc1)c1ccccc1. The van der Waals surface area contributed by atoms with E-state index in [-0.39, 0.29) is 0 Å². The van der Waals surface area contributed by atoms with Crippen molar-refractivity contribution in [2.75, 3.05) is 0 Å². The Morgan fingerprint density at radius 2 is 1.72 bits per heavy atom. The fourth-order valence-corrected chi connectivity index (χ4v) is 2.04. The zero-order chi connectivity index (χ0) is 12.8. The third-order valence-electron chi connectivity index (χ3n) is 2.65. The first-order valence-corrected chi connectivity index (χ1v) is 6.78. The van der Waals surface area contributed by atoms with Crippen molar-refractivity contribution in [1.82, 2.24) is 0 Å². The van der Waals surface area contributed by atoms with E-state index < -0.39 is 0 Å². The Morgan fingerprint density at radius 1 is 1.06 bits per heavy atom. The van der Waals surface area contributed by atoms with Gasteiger partial charge < -0.3 is 0 Å². The second kappa shape index (κ2) is 6.18. The largest absolute Gasteiger partial charge is 0.192 e. The van der Waals surface area contributed by atoms with Crippen molar-refractivity contribution in [2.45, 2.75) is 5.33 Å². The van der Waals surface area contributed by atoms with Gasteiger partial charge in [-0.25, -0.2) is 0 Å². The van der Waals surface area contributed by atoms with Gasteiger partial charge in [0.1, 0.15) is 0 Å². The van der Waals surface area contributed by atoms with Gasteiger partial charge in [-0.2, -0.15) is 5.26 Å². The Labute approximate surface area is 116 Å². The molecule has 0 fully saturated rings. The Kier molecular flexibility index (Phi) is 4.33. The normalized spacial score (nSPS) is 11.0. The van der Waals surface area contributed by atoms with Gasteiger partial charge in [0.15, 0.2) is 0 Å². The molecule has 1 nitrogen and oxygen atoms in total. The minimum Gasteiger partial charge on any atom is -0.192 e. The summed E-state index contributed by atoms with van der Waals surface area (Å²) in [4.78, 5) is 0. The summed E-state index contributed by atoms with van der Waals surface area (Å²) in [5, 5.41) is 10.1. The molecule has 2 rings (SSSR count). The van der Waals surface area contributed by atoms with E-state index in [0.29, 0.717) is 5.57 Å². The maximum Gasteiger partial charge on any atom is 0.0998 e. The van der Waals surface area contributed by atoms with Crippen LogP contribution >= 0.6 is 15.9 Å². The number of allylic oxidation sites excluding steroid dienone is 1. The third kappa shape index (κ3) is 3.09. The smallest absolute Gasteiger partial charge is 0.0998 e. The predicted octanol–water partition coefficient (Wildman–Crippen LogP) is 4.65. The molecule has 0 saturated heterocycles. The van der Waals surface area contributed by atoms with Crippen LogP contribution in [-0.4, -0.2) is 0 Å². The molecule has 0 aromatic heterocycles. The van der Waals surface area contributed by atoms with Crippen LogP contribution in [0.15, 0.2) is 54.6 Å². The number of alkyl halides is 1. The second-order valence-corrected chi connectivity index (χ2v) is 4.47. The van der Waals surface area contributed by atoms with E-state index in [0.717, 1.165) is 16.5 Å². The molecule has 0 amide bonds. The number of benzene rings is 2. The maximum absolute atomic E-state index is 9.22. The van der Waals surface area contributed by atoms with Crippen molar-refractivity contribution in [2.24, 2.45) is 0 Å². The van der Waals surface area contributed by atoms with Crippen molar-refractivity contribution < 1.29 is 0 Å². The molecule has 0 bridgehead atoms. The lowest BCUT2D eigenvalue weighted by molar-refractivity contribution is 1.43. The highest BCUT2D eigenvalue weighted by molar-refractivity contribution is 9.08. The fourth-order valence-electron chi connectivity index (χ4n) is 1.67. The zero-order valence-electron chi connectivity index (χ0n) is 9.81. The first kappa shape index (κ1) is 12.6. The predicted molar refractivity (Wildman–Crippen MR) is 79.0 cm³/mol. The van der Waals surface area contributed by atoms with Crippen molar-refractivity contribution in [1.29, 1.82) is 5.26 Å². The molecule has 0 saturated carbocycles. The molecule has 2 heteroatoms. The average Bonchev–Trinajstić information content (AvgIpc) is 2.46. The van der Waals surface area contributed by atoms with Crippen LogP contribution in [-0.2, 0) is 5.33 Å². The lowest BCUT2D eigenvalue weighted by Crippen LogP contribution is -1.82. The van der Waals surface area contributed by atoms with Crippen LogP contribution < -0.4 is 0 Å². The van der Waals surface area contributed by atoms with E-state index in [9.17, 15) is 5.26 Å². The number of hydrogen-bond donors (Lipinski definition) is 0. The van der Waals surface area contributed by atoms with Gasteiger partial charge in [0.05, 0.1) is 11.6 Å². The number of nitrogens with zero attached hydrogens (tertiary/aromatic N) is 1. The summed E-state index contributed by atoms with van der Waals surface area (Å²) < 4.78 is 0. The van der Waals surface area contributed by atoms with Gasteiger partial charge in [0.2, 0.25) is 0 Å². The molecular weight excluding hydrogens is 286 g/mol. The van der Waals surface area contributed by atoms with Gasteiger partial charge in [0, 0.05) is 5.33 Å². The van der Waals surface area contributed by atoms with Crippen LogP contribution in [0.3, 0.4) is 0 Å². The lowest BCUT2D eigenvalue weighted by atomic mass is 10.0. The van der Waals surface area contributed by atoms with Crippen molar-refractivity contribution in [3.63, 3.8) is 0 Å². The molecule has 0 aliphatic carbocycles. The van der Waals surface area contributed by atoms with Gasteiger partial charge in [-0.15, -0.1) is 0 Å². The van der Waals surface area contributed by atoms with E-state index in [2.05, 4.69) is 34.1 Å². The Balaban J connectivity index is 2.33.